The molecule has 1 amide bonds. The maximum Gasteiger partial charge on any atom is 0.254 e. The second-order valence-corrected chi connectivity index (χ2v) is 9.81. The quantitative estimate of drug-likeness (QED) is 0.280. The van der Waals surface area contributed by atoms with E-state index in [0.29, 0.717) is 18.7 Å². The molecule has 0 spiro atoms. The normalized spacial score (nSPS) is 11.7. The van der Waals surface area contributed by atoms with E-state index in [1.807, 2.05) is 0 Å². The largest absolute Gasteiger partial charge is 0.331 e. The molecular formula is C29H41FN4O. The van der Waals surface area contributed by atoms with Gasteiger partial charge in [-0.15, -0.1) is 0 Å². The molecule has 3 aromatic rings. The summed E-state index contributed by atoms with van der Waals surface area (Å²) in [6.45, 7) is 15.6. The van der Waals surface area contributed by atoms with Crippen molar-refractivity contribution in [2.24, 2.45) is 5.92 Å². The van der Waals surface area contributed by atoms with Crippen LogP contribution in [0.15, 0.2) is 42.5 Å². The zero-order valence-electron chi connectivity index (χ0n) is 22.1. The molecule has 0 fully saturated rings. The zero-order valence-corrected chi connectivity index (χ0v) is 22.1. The summed E-state index contributed by atoms with van der Waals surface area (Å²) in [5.74, 6) is 0.601. The van der Waals surface area contributed by atoms with Crippen LogP contribution in [0.25, 0.3) is 11.0 Å². The summed E-state index contributed by atoms with van der Waals surface area (Å²) in [7, 11) is 0. The zero-order chi connectivity index (χ0) is 25.4. The summed E-state index contributed by atoms with van der Waals surface area (Å²) in [6, 6.07) is 12.5. The first-order valence-electron chi connectivity index (χ1n) is 13.1. The van der Waals surface area contributed by atoms with E-state index >= 15 is 0 Å². The van der Waals surface area contributed by atoms with Crippen molar-refractivity contribution in [2.75, 3.05) is 19.6 Å². The van der Waals surface area contributed by atoms with Gasteiger partial charge in [-0.2, -0.15) is 0 Å². The Kier molecular flexibility index (Phi) is 9.84. The topological polar surface area (TPSA) is 41.4 Å². The van der Waals surface area contributed by atoms with Crippen LogP contribution in [0.1, 0.15) is 75.6 Å². The van der Waals surface area contributed by atoms with Gasteiger partial charge in [0.25, 0.3) is 5.91 Å². The van der Waals surface area contributed by atoms with Crippen molar-refractivity contribution in [1.29, 1.82) is 0 Å². The Bertz CT molecular complexity index is 1110. The lowest BCUT2D eigenvalue weighted by Gasteiger charge is -2.25. The molecule has 0 radical (unpaired) electrons. The molecule has 0 aliphatic carbocycles. The van der Waals surface area contributed by atoms with Gasteiger partial charge >= 0.3 is 0 Å². The number of rotatable bonds is 13. The minimum absolute atomic E-state index is 0.163. The fourth-order valence-corrected chi connectivity index (χ4v) is 4.54. The van der Waals surface area contributed by atoms with E-state index in [1.54, 1.807) is 17.0 Å². The maximum atomic E-state index is 13.8. The molecule has 3 rings (SSSR count). The molecule has 0 saturated heterocycles. The predicted molar refractivity (Wildman–Crippen MR) is 142 cm³/mol. The molecule has 0 atom stereocenters. The van der Waals surface area contributed by atoms with Gasteiger partial charge in [0, 0.05) is 25.2 Å². The molecular weight excluding hydrogens is 439 g/mol. The van der Waals surface area contributed by atoms with Crippen LogP contribution in [0.2, 0.25) is 0 Å². The van der Waals surface area contributed by atoms with E-state index in [-0.39, 0.29) is 11.8 Å². The third-order valence-corrected chi connectivity index (χ3v) is 6.30. The molecule has 6 heteroatoms. The molecule has 190 valence electrons. The summed E-state index contributed by atoms with van der Waals surface area (Å²) in [5.41, 5.74) is 3.71. The molecule has 0 N–H and O–H groups in total. The van der Waals surface area contributed by atoms with Crippen LogP contribution in [0, 0.1) is 11.7 Å². The number of benzene rings is 2. The van der Waals surface area contributed by atoms with Crippen molar-refractivity contribution in [3.63, 3.8) is 0 Å². The maximum absolute atomic E-state index is 13.8. The first-order valence-corrected chi connectivity index (χ1v) is 13.1. The van der Waals surface area contributed by atoms with E-state index in [9.17, 15) is 9.18 Å². The van der Waals surface area contributed by atoms with Crippen molar-refractivity contribution < 1.29 is 9.18 Å². The first kappa shape index (κ1) is 26.9. The van der Waals surface area contributed by atoms with Crippen molar-refractivity contribution in [2.45, 2.75) is 73.5 Å². The van der Waals surface area contributed by atoms with Gasteiger partial charge in [-0.05, 0) is 67.7 Å². The summed E-state index contributed by atoms with van der Waals surface area (Å²) in [6.07, 6.45) is 3.38. The third kappa shape index (κ3) is 7.14. The van der Waals surface area contributed by atoms with Crippen molar-refractivity contribution in [1.82, 2.24) is 19.4 Å². The standard InChI is InChI=1S/C29H41FN4O/c1-6-9-16-32(8-3)20-23-13-14-27-26(17-23)31-28(34(27)15-7-2)21-33(19-22(4)5)29(35)24-11-10-12-25(30)18-24/h10-14,17-18,22H,6-9,15-16,19-21H2,1-5H3. The first-order chi connectivity index (χ1) is 16.9. The Morgan fingerprint density at radius 2 is 1.86 bits per heavy atom. The van der Waals surface area contributed by atoms with Crippen LogP contribution in [-0.4, -0.2) is 44.9 Å². The summed E-state index contributed by atoms with van der Waals surface area (Å²) in [5, 5.41) is 0. The predicted octanol–water partition coefficient (Wildman–Crippen LogP) is 6.51. The number of aromatic nitrogens is 2. The number of hydrogen-bond donors (Lipinski definition) is 0. The second-order valence-electron chi connectivity index (χ2n) is 9.81. The van der Waals surface area contributed by atoms with E-state index in [0.717, 1.165) is 49.5 Å². The van der Waals surface area contributed by atoms with E-state index in [1.165, 1.54) is 30.5 Å². The Morgan fingerprint density at radius 1 is 1.06 bits per heavy atom. The fourth-order valence-electron chi connectivity index (χ4n) is 4.54. The number of carbonyl (C=O) groups excluding carboxylic acids is 1. The molecule has 0 saturated carbocycles. The number of imidazole rings is 1. The number of unbranched alkanes of at least 4 members (excludes halogenated alkanes) is 1. The minimum atomic E-state index is -0.397. The molecule has 0 aliphatic heterocycles. The Morgan fingerprint density at radius 3 is 2.51 bits per heavy atom. The van der Waals surface area contributed by atoms with Crippen LogP contribution < -0.4 is 0 Å². The van der Waals surface area contributed by atoms with Gasteiger partial charge in [0.1, 0.15) is 11.6 Å². The number of fused-ring (bicyclic) bond motifs is 1. The van der Waals surface area contributed by atoms with Crippen molar-refractivity contribution in [3.05, 3.63) is 65.2 Å². The van der Waals surface area contributed by atoms with Crippen LogP contribution >= 0.6 is 0 Å². The smallest absolute Gasteiger partial charge is 0.254 e. The Labute approximate surface area is 209 Å². The second kappa shape index (κ2) is 12.8. The molecule has 2 aromatic carbocycles. The van der Waals surface area contributed by atoms with Gasteiger partial charge in [0.15, 0.2) is 0 Å². The van der Waals surface area contributed by atoms with Gasteiger partial charge in [0.05, 0.1) is 17.6 Å². The van der Waals surface area contributed by atoms with E-state index in [2.05, 4.69) is 62.3 Å². The highest BCUT2D eigenvalue weighted by molar-refractivity contribution is 5.94. The van der Waals surface area contributed by atoms with Gasteiger partial charge in [-0.3, -0.25) is 9.69 Å². The molecule has 1 heterocycles. The fraction of sp³-hybridized carbons (Fsp3) is 0.517. The highest BCUT2D eigenvalue weighted by Gasteiger charge is 2.21. The summed E-state index contributed by atoms with van der Waals surface area (Å²) in [4.78, 5) is 22.6. The number of amides is 1. The Hall–Kier alpha value is -2.73. The van der Waals surface area contributed by atoms with Crippen molar-refractivity contribution in [3.8, 4) is 0 Å². The van der Waals surface area contributed by atoms with E-state index in [4.69, 9.17) is 4.98 Å². The molecule has 5 nitrogen and oxygen atoms in total. The summed E-state index contributed by atoms with van der Waals surface area (Å²) < 4.78 is 16.1. The molecule has 0 unspecified atom stereocenters. The van der Waals surface area contributed by atoms with Gasteiger partial charge in [-0.25, -0.2) is 9.37 Å². The monoisotopic (exact) mass is 480 g/mol. The molecule has 0 bridgehead atoms. The van der Waals surface area contributed by atoms with Crippen LogP contribution in [0.4, 0.5) is 4.39 Å². The SMILES string of the molecule is CCCCN(CC)Cc1ccc2c(c1)nc(CN(CC(C)C)C(=O)c1cccc(F)c1)n2CCC. The average molecular weight is 481 g/mol. The minimum Gasteiger partial charge on any atom is -0.331 e. The molecule has 35 heavy (non-hydrogen) atoms. The number of carbonyl (C=O) groups is 1. The summed E-state index contributed by atoms with van der Waals surface area (Å²) >= 11 is 0. The van der Waals surface area contributed by atoms with Crippen LogP contribution in [0.3, 0.4) is 0 Å². The number of halogens is 1. The van der Waals surface area contributed by atoms with Crippen LogP contribution in [-0.2, 0) is 19.6 Å². The lowest BCUT2D eigenvalue weighted by atomic mass is 10.1. The number of hydrogen-bond acceptors (Lipinski definition) is 3. The average Bonchev–Trinajstić information content (AvgIpc) is 3.16. The lowest BCUT2D eigenvalue weighted by molar-refractivity contribution is 0.0715. The highest BCUT2D eigenvalue weighted by Crippen LogP contribution is 2.22. The van der Waals surface area contributed by atoms with Crippen molar-refractivity contribution >= 4 is 16.9 Å². The van der Waals surface area contributed by atoms with Gasteiger partial charge in [-0.1, -0.05) is 53.2 Å². The highest BCUT2D eigenvalue weighted by atomic mass is 19.1. The molecule has 0 aliphatic rings. The Balaban J connectivity index is 1.92. The lowest BCUT2D eigenvalue weighted by Crippen LogP contribution is -2.34. The molecule has 1 aromatic heterocycles. The third-order valence-electron chi connectivity index (χ3n) is 6.30. The van der Waals surface area contributed by atoms with Crippen LogP contribution in [0.5, 0.6) is 0 Å². The van der Waals surface area contributed by atoms with E-state index < -0.39 is 5.82 Å². The van der Waals surface area contributed by atoms with Gasteiger partial charge in [0.2, 0.25) is 0 Å². The number of aryl methyl sites for hydroxylation is 1. The number of nitrogens with zero attached hydrogens (tertiary/aromatic N) is 4. The van der Waals surface area contributed by atoms with Gasteiger partial charge < -0.3 is 9.47 Å².